The van der Waals surface area contributed by atoms with Gasteiger partial charge in [0, 0.05) is 23.4 Å². The Kier molecular flexibility index (Phi) is 8.99. The number of nitrogens with zero attached hydrogens (tertiary/aromatic N) is 1. The number of carbonyl (C=O) groups excluding carboxylic acids is 1. The van der Waals surface area contributed by atoms with E-state index >= 15 is 0 Å². The first-order valence-electron chi connectivity index (χ1n) is 11.3. The second-order valence-corrected chi connectivity index (χ2v) is 9.19. The van der Waals surface area contributed by atoms with Gasteiger partial charge in [0.2, 0.25) is 0 Å². The maximum Gasteiger partial charge on any atom is 0.274 e. The van der Waals surface area contributed by atoms with E-state index in [2.05, 4.69) is 36.0 Å². The Bertz CT molecular complexity index is 1130. The molecule has 1 amide bonds. The summed E-state index contributed by atoms with van der Waals surface area (Å²) in [5.74, 6) is 1.72. The lowest BCUT2D eigenvalue weighted by Crippen LogP contribution is -2.21. The minimum absolute atomic E-state index is 0.293. The molecule has 34 heavy (non-hydrogen) atoms. The summed E-state index contributed by atoms with van der Waals surface area (Å²) in [4.78, 5) is 21.1. The number of benzene rings is 2. The number of allylic oxidation sites excluding steroid dienone is 1. The Morgan fingerprint density at radius 3 is 2.44 bits per heavy atom. The van der Waals surface area contributed by atoms with Crippen LogP contribution in [0, 0.1) is 5.92 Å². The molecule has 0 bridgehead atoms. The van der Waals surface area contributed by atoms with Crippen molar-refractivity contribution >= 4 is 23.4 Å². The van der Waals surface area contributed by atoms with Gasteiger partial charge in [-0.2, -0.15) is 0 Å². The second-order valence-electron chi connectivity index (χ2n) is 8.19. The predicted molar refractivity (Wildman–Crippen MR) is 143 cm³/mol. The third-order valence-electron chi connectivity index (χ3n) is 5.10. The zero-order valence-electron chi connectivity index (χ0n) is 20.1. The first kappa shape index (κ1) is 25.2. The number of aromatic amines is 1. The number of nitrogens with one attached hydrogen (secondary N) is 3. The molecule has 0 unspecified atom stereocenters. The van der Waals surface area contributed by atoms with Crippen LogP contribution in [-0.2, 0) is 0 Å². The SMILES string of the molecule is C=C(NC(=O)c1[nH]c(-c2ccc(NCCC(C)C)cc2)nc1-c1ccc(OC)cc1)S/C=C\C. The first-order chi connectivity index (χ1) is 16.4. The van der Waals surface area contributed by atoms with Crippen molar-refractivity contribution in [1.29, 1.82) is 0 Å². The lowest BCUT2D eigenvalue weighted by Gasteiger charge is -2.08. The van der Waals surface area contributed by atoms with Gasteiger partial charge in [0.05, 0.1) is 12.1 Å². The first-order valence-corrected chi connectivity index (χ1v) is 12.2. The van der Waals surface area contributed by atoms with E-state index < -0.39 is 0 Å². The molecule has 7 heteroatoms. The average molecular weight is 477 g/mol. The Balaban J connectivity index is 1.89. The van der Waals surface area contributed by atoms with E-state index in [1.165, 1.54) is 11.8 Å². The number of amides is 1. The number of imidazole rings is 1. The standard InChI is InChI=1S/C27H32N4O2S/c1-6-17-34-19(4)29-27(32)25-24(20-9-13-23(33-5)14-10-20)30-26(31-25)21-7-11-22(12-8-21)28-16-15-18(2)3/h6-14,17-18,28H,4,15-16H2,1-3,5H3,(H,29,32)(H,30,31)/b17-6-. The number of methoxy groups -OCH3 is 1. The van der Waals surface area contributed by atoms with Gasteiger partial charge in [0.25, 0.3) is 5.91 Å². The van der Waals surface area contributed by atoms with Crippen molar-refractivity contribution < 1.29 is 9.53 Å². The fourth-order valence-electron chi connectivity index (χ4n) is 3.25. The van der Waals surface area contributed by atoms with Gasteiger partial charge in [-0.05, 0) is 73.2 Å². The van der Waals surface area contributed by atoms with E-state index in [-0.39, 0.29) is 5.91 Å². The van der Waals surface area contributed by atoms with Crippen molar-refractivity contribution in [1.82, 2.24) is 15.3 Å². The van der Waals surface area contributed by atoms with Gasteiger partial charge in [-0.25, -0.2) is 4.98 Å². The number of rotatable bonds is 11. The van der Waals surface area contributed by atoms with Crippen molar-refractivity contribution in [2.75, 3.05) is 19.0 Å². The zero-order chi connectivity index (χ0) is 24.5. The zero-order valence-corrected chi connectivity index (χ0v) is 21.0. The maximum atomic E-state index is 13.1. The summed E-state index contributed by atoms with van der Waals surface area (Å²) in [7, 11) is 1.62. The highest BCUT2D eigenvalue weighted by atomic mass is 32.2. The van der Waals surface area contributed by atoms with Gasteiger partial charge in [-0.15, -0.1) is 0 Å². The molecular weight excluding hydrogens is 444 g/mol. The van der Waals surface area contributed by atoms with Crippen LogP contribution in [0.25, 0.3) is 22.6 Å². The fraction of sp³-hybridized carbons (Fsp3) is 0.259. The fourth-order valence-corrected chi connectivity index (χ4v) is 3.70. The summed E-state index contributed by atoms with van der Waals surface area (Å²) in [6, 6.07) is 15.5. The van der Waals surface area contributed by atoms with Crippen LogP contribution < -0.4 is 15.4 Å². The molecular formula is C27H32N4O2S. The number of hydrogen-bond acceptors (Lipinski definition) is 5. The summed E-state index contributed by atoms with van der Waals surface area (Å²) >= 11 is 1.35. The maximum absolute atomic E-state index is 13.1. The third kappa shape index (κ3) is 6.78. The van der Waals surface area contributed by atoms with Crippen LogP contribution in [0.15, 0.2) is 71.6 Å². The summed E-state index contributed by atoms with van der Waals surface area (Å²) < 4.78 is 5.27. The van der Waals surface area contributed by atoms with Crippen LogP contribution in [0.4, 0.5) is 5.69 Å². The van der Waals surface area contributed by atoms with E-state index in [1.807, 2.05) is 66.9 Å². The number of ether oxygens (including phenoxy) is 1. The van der Waals surface area contributed by atoms with E-state index in [1.54, 1.807) is 7.11 Å². The summed E-state index contributed by atoms with van der Waals surface area (Å²) in [6.45, 7) is 11.2. The molecule has 0 aliphatic rings. The highest BCUT2D eigenvalue weighted by molar-refractivity contribution is 8.05. The molecule has 6 nitrogen and oxygen atoms in total. The molecule has 0 atom stereocenters. The third-order valence-corrected chi connectivity index (χ3v) is 5.90. The van der Waals surface area contributed by atoms with Gasteiger partial charge in [-0.3, -0.25) is 4.79 Å². The predicted octanol–water partition coefficient (Wildman–Crippen LogP) is 6.68. The molecule has 1 aromatic heterocycles. The Labute approximate surface area is 205 Å². The highest BCUT2D eigenvalue weighted by Gasteiger charge is 2.20. The van der Waals surface area contributed by atoms with E-state index in [9.17, 15) is 4.79 Å². The molecule has 0 spiro atoms. The lowest BCUT2D eigenvalue weighted by molar-refractivity contribution is 0.0965. The van der Waals surface area contributed by atoms with Gasteiger partial charge < -0.3 is 20.4 Å². The van der Waals surface area contributed by atoms with Crippen LogP contribution in [0.2, 0.25) is 0 Å². The molecule has 178 valence electrons. The average Bonchev–Trinajstić information content (AvgIpc) is 3.29. The topological polar surface area (TPSA) is 79.0 Å². The van der Waals surface area contributed by atoms with Gasteiger partial charge >= 0.3 is 0 Å². The molecule has 0 saturated heterocycles. The number of H-pyrrole nitrogens is 1. The molecule has 0 aliphatic carbocycles. The summed E-state index contributed by atoms with van der Waals surface area (Å²) in [5.41, 5.74) is 3.71. The number of carbonyl (C=O) groups is 1. The quantitative estimate of drug-likeness (QED) is 0.288. The second kappa shape index (κ2) is 12.1. The number of anilines is 1. The summed E-state index contributed by atoms with van der Waals surface area (Å²) in [6.07, 6.45) is 3.00. The Morgan fingerprint density at radius 1 is 1.15 bits per heavy atom. The van der Waals surface area contributed by atoms with Crippen LogP contribution in [0.3, 0.4) is 0 Å². The van der Waals surface area contributed by atoms with Gasteiger partial charge in [-0.1, -0.05) is 38.3 Å². The number of thioether (sulfide) groups is 1. The largest absolute Gasteiger partial charge is 0.497 e. The molecule has 0 aliphatic heterocycles. The van der Waals surface area contributed by atoms with E-state index in [0.29, 0.717) is 28.2 Å². The molecule has 3 rings (SSSR count). The minimum atomic E-state index is -0.293. The molecule has 3 aromatic rings. The highest BCUT2D eigenvalue weighted by Crippen LogP contribution is 2.29. The van der Waals surface area contributed by atoms with Crippen molar-refractivity contribution in [2.45, 2.75) is 27.2 Å². The smallest absolute Gasteiger partial charge is 0.274 e. The lowest BCUT2D eigenvalue weighted by atomic mass is 10.1. The van der Waals surface area contributed by atoms with Crippen LogP contribution in [0.5, 0.6) is 5.75 Å². The molecule has 0 saturated carbocycles. The van der Waals surface area contributed by atoms with E-state index in [0.717, 1.165) is 35.5 Å². The van der Waals surface area contributed by atoms with Crippen LogP contribution >= 0.6 is 11.8 Å². The molecule has 0 radical (unpaired) electrons. The monoisotopic (exact) mass is 476 g/mol. The summed E-state index contributed by atoms with van der Waals surface area (Å²) in [5, 5.41) is 8.68. The van der Waals surface area contributed by atoms with Crippen molar-refractivity contribution in [3.05, 3.63) is 77.3 Å². The van der Waals surface area contributed by atoms with Crippen molar-refractivity contribution in [3.63, 3.8) is 0 Å². The number of hydrogen-bond donors (Lipinski definition) is 3. The van der Waals surface area contributed by atoms with Gasteiger partial charge in [0.15, 0.2) is 0 Å². The van der Waals surface area contributed by atoms with Crippen molar-refractivity contribution in [3.8, 4) is 28.4 Å². The van der Waals surface area contributed by atoms with Gasteiger partial charge in [0.1, 0.15) is 23.0 Å². The molecule has 3 N–H and O–H groups in total. The molecule has 2 aromatic carbocycles. The molecule has 0 fully saturated rings. The molecule has 1 heterocycles. The van der Waals surface area contributed by atoms with E-state index in [4.69, 9.17) is 9.72 Å². The van der Waals surface area contributed by atoms with Crippen LogP contribution in [-0.4, -0.2) is 29.5 Å². The number of aromatic nitrogens is 2. The minimum Gasteiger partial charge on any atom is -0.497 e. The Hall–Kier alpha value is -3.45. The Morgan fingerprint density at radius 2 is 1.82 bits per heavy atom. The van der Waals surface area contributed by atoms with Crippen LogP contribution in [0.1, 0.15) is 37.7 Å². The van der Waals surface area contributed by atoms with Crippen molar-refractivity contribution in [2.24, 2.45) is 5.92 Å². The normalized spacial score (nSPS) is 11.1.